The second kappa shape index (κ2) is 4.38. The van der Waals surface area contributed by atoms with Crippen LogP contribution >= 0.6 is 11.3 Å². The largest absolute Gasteiger partial charge is 0.299 e. The Morgan fingerprint density at radius 3 is 2.79 bits per heavy atom. The van der Waals surface area contributed by atoms with Crippen molar-refractivity contribution >= 4 is 17.1 Å². The van der Waals surface area contributed by atoms with Crippen molar-refractivity contribution in [1.82, 2.24) is 9.88 Å². The summed E-state index contributed by atoms with van der Waals surface area (Å²) >= 11 is 1.87. The SMILES string of the molecule is CC(=O)CN1C2CCC1c1sc(C(C)(C)C)nc1C2. The number of nitrogens with zero attached hydrogens (tertiary/aromatic N) is 2. The van der Waals surface area contributed by atoms with E-state index in [9.17, 15) is 4.79 Å². The Morgan fingerprint density at radius 1 is 1.42 bits per heavy atom. The number of Topliss-reactive ketones (excluding diaryl/α,β-unsaturated/α-hetero) is 1. The van der Waals surface area contributed by atoms with Crippen LogP contribution in [0.4, 0.5) is 0 Å². The van der Waals surface area contributed by atoms with Gasteiger partial charge in [0, 0.05) is 28.8 Å². The van der Waals surface area contributed by atoms with Gasteiger partial charge in [0.05, 0.1) is 17.2 Å². The van der Waals surface area contributed by atoms with Gasteiger partial charge in [-0.05, 0) is 19.8 Å². The topological polar surface area (TPSA) is 33.2 Å². The molecular weight excluding hydrogens is 256 g/mol. The molecule has 3 rings (SSSR count). The minimum absolute atomic E-state index is 0.132. The molecule has 0 saturated carbocycles. The first-order chi connectivity index (χ1) is 8.86. The van der Waals surface area contributed by atoms with Crippen LogP contribution in [-0.4, -0.2) is 28.3 Å². The summed E-state index contributed by atoms with van der Waals surface area (Å²) in [5, 5.41) is 1.24. The van der Waals surface area contributed by atoms with Gasteiger partial charge in [-0.3, -0.25) is 9.69 Å². The quantitative estimate of drug-likeness (QED) is 0.833. The monoisotopic (exact) mass is 278 g/mol. The van der Waals surface area contributed by atoms with Crippen molar-refractivity contribution in [2.75, 3.05) is 6.54 Å². The highest BCUT2D eigenvalue weighted by molar-refractivity contribution is 7.12. The lowest BCUT2D eigenvalue weighted by molar-refractivity contribution is -0.119. The molecule has 3 nitrogen and oxygen atoms in total. The third kappa shape index (κ3) is 2.25. The number of carbonyl (C=O) groups excluding carboxylic acids is 1. The van der Waals surface area contributed by atoms with Crippen molar-refractivity contribution in [1.29, 1.82) is 0 Å². The summed E-state index contributed by atoms with van der Waals surface area (Å²) in [5.41, 5.74) is 1.44. The van der Waals surface area contributed by atoms with E-state index in [0.29, 0.717) is 18.6 Å². The van der Waals surface area contributed by atoms with Gasteiger partial charge in [0.15, 0.2) is 0 Å². The van der Waals surface area contributed by atoms with E-state index in [1.807, 2.05) is 11.3 Å². The third-order valence-corrected chi connectivity index (χ3v) is 5.77. The van der Waals surface area contributed by atoms with E-state index in [-0.39, 0.29) is 11.2 Å². The van der Waals surface area contributed by atoms with E-state index >= 15 is 0 Å². The fourth-order valence-electron chi connectivity index (χ4n) is 3.25. The summed E-state index contributed by atoms with van der Waals surface area (Å²) in [5.74, 6) is 0.279. The molecule has 0 radical (unpaired) electrons. The van der Waals surface area contributed by atoms with E-state index in [1.54, 1.807) is 6.92 Å². The van der Waals surface area contributed by atoms with Gasteiger partial charge in [-0.25, -0.2) is 4.98 Å². The van der Waals surface area contributed by atoms with Crippen LogP contribution in [0, 0.1) is 0 Å². The number of carbonyl (C=O) groups is 1. The molecule has 0 aliphatic carbocycles. The van der Waals surface area contributed by atoms with Crippen LogP contribution in [0.3, 0.4) is 0 Å². The molecule has 2 unspecified atom stereocenters. The molecule has 2 atom stereocenters. The summed E-state index contributed by atoms with van der Waals surface area (Å²) in [6, 6.07) is 0.988. The number of hydrogen-bond donors (Lipinski definition) is 0. The first-order valence-electron chi connectivity index (χ1n) is 7.11. The van der Waals surface area contributed by atoms with Gasteiger partial charge in [0.2, 0.25) is 0 Å². The van der Waals surface area contributed by atoms with Crippen molar-refractivity contribution < 1.29 is 4.79 Å². The summed E-state index contributed by atoms with van der Waals surface area (Å²) in [4.78, 5) is 20.2. The first-order valence-corrected chi connectivity index (χ1v) is 7.93. The fourth-order valence-corrected chi connectivity index (χ4v) is 4.55. The van der Waals surface area contributed by atoms with E-state index < -0.39 is 0 Å². The van der Waals surface area contributed by atoms with E-state index in [1.165, 1.54) is 28.4 Å². The summed E-state index contributed by atoms with van der Waals surface area (Å²) in [6.07, 6.45) is 3.44. The van der Waals surface area contributed by atoms with Crippen LogP contribution in [0.2, 0.25) is 0 Å². The highest BCUT2D eigenvalue weighted by Crippen LogP contribution is 2.47. The number of rotatable bonds is 2. The van der Waals surface area contributed by atoms with Crippen molar-refractivity contribution in [3.8, 4) is 0 Å². The van der Waals surface area contributed by atoms with Gasteiger partial charge >= 0.3 is 0 Å². The molecule has 2 bridgehead atoms. The maximum absolute atomic E-state index is 11.5. The molecule has 0 N–H and O–H groups in total. The lowest BCUT2D eigenvalue weighted by Gasteiger charge is -2.32. The third-order valence-electron chi connectivity index (χ3n) is 4.15. The van der Waals surface area contributed by atoms with Crippen LogP contribution < -0.4 is 0 Å². The van der Waals surface area contributed by atoms with E-state index in [4.69, 9.17) is 4.98 Å². The molecule has 1 aromatic heterocycles. The molecule has 0 aromatic carbocycles. The molecule has 2 aliphatic rings. The molecule has 0 amide bonds. The Hall–Kier alpha value is -0.740. The molecule has 4 heteroatoms. The molecule has 1 fully saturated rings. The number of ketones is 1. The normalized spacial score (nSPS) is 26.5. The van der Waals surface area contributed by atoms with E-state index in [2.05, 4.69) is 25.7 Å². The molecule has 1 aromatic rings. The van der Waals surface area contributed by atoms with Crippen molar-refractivity contribution in [2.45, 2.75) is 64.5 Å². The Kier molecular flexibility index (Phi) is 3.06. The lowest BCUT2D eigenvalue weighted by Crippen LogP contribution is -2.39. The number of aromatic nitrogens is 1. The zero-order chi connectivity index (χ0) is 13.8. The van der Waals surface area contributed by atoms with Gasteiger partial charge in [-0.2, -0.15) is 0 Å². The second-order valence-electron chi connectivity index (χ2n) is 6.91. The maximum Gasteiger partial charge on any atom is 0.143 e. The standard InChI is InChI=1S/C15H22N2OS/c1-9(18)8-17-10-5-6-12(17)13-11(7-10)16-14(19-13)15(2,3)4/h10,12H,5-8H2,1-4H3. The zero-order valence-corrected chi connectivity index (χ0v) is 13.0. The Labute approximate surface area is 119 Å². The average molecular weight is 278 g/mol. The van der Waals surface area contributed by atoms with Crippen molar-refractivity contribution in [2.24, 2.45) is 0 Å². The lowest BCUT2D eigenvalue weighted by atomic mass is 9.98. The molecule has 0 spiro atoms. The predicted molar refractivity (Wildman–Crippen MR) is 77.7 cm³/mol. The van der Waals surface area contributed by atoms with Crippen molar-refractivity contribution in [3.05, 3.63) is 15.6 Å². The summed E-state index contributed by atoms with van der Waals surface area (Å²) in [6.45, 7) is 8.98. The van der Waals surface area contributed by atoms with Gasteiger partial charge in [0.1, 0.15) is 5.78 Å². The molecule has 1 saturated heterocycles. The molecule has 104 valence electrons. The number of hydrogen-bond acceptors (Lipinski definition) is 4. The van der Waals surface area contributed by atoms with Crippen LogP contribution in [-0.2, 0) is 16.6 Å². The molecular formula is C15H22N2OS. The number of thiazole rings is 1. The first kappa shape index (κ1) is 13.3. The van der Waals surface area contributed by atoms with Crippen LogP contribution in [0.1, 0.15) is 62.2 Å². The maximum atomic E-state index is 11.5. The molecule has 19 heavy (non-hydrogen) atoms. The highest BCUT2D eigenvalue weighted by Gasteiger charge is 2.42. The average Bonchev–Trinajstić information content (AvgIpc) is 2.80. The molecule has 2 aliphatic heterocycles. The minimum Gasteiger partial charge on any atom is -0.299 e. The van der Waals surface area contributed by atoms with Gasteiger partial charge in [-0.1, -0.05) is 20.8 Å². The van der Waals surface area contributed by atoms with Crippen LogP contribution in [0.15, 0.2) is 0 Å². The highest BCUT2D eigenvalue weighted by atomic mass is 32.1. The minimum atomic E-state index is 0.132. The summed E-state index contributed by atoms with van der Waals surface area (Å²) in [7, 11) is 0. The Bertz CT molecular complexity index is 515. The van der Waals surface area contributed by atoms with Crippen molar-refractivity contribution in [3.63, 3.8) is 0 Å². The Balaban J connectivity index is 1.94. The van der Waals surface area contributed by atoms with Gasteiger partial charge < -0.3 is 0 Å². The van der Waals surface area contributed by atoms with Gasteiger partial charge in [-0.15, -0.1) is 11.3 Å². The number of fused-ring (bicyclic) bond motifs is 4. The summed E-state index contributed by atoms with van der Waals surface area (Å²) < 4.78 is 0. The van der Waals surface area contributed by atoms with Gasteiger partial charge in [0.25, 0.3) is 0 Å². The fraction of sp³-hybridized carbons (Fsp3) is 0.733. The molecule has 3 heterocycles. The second-order valence-corrected chi connectivity index (χ2v) is 7.94. The van der Waals surface area contributed by atoms with Crippen LogP contribution in [0.25, 0.3) is 0 Å². The smallest absolute Gasteiger partial charge is 0.143 e. The zero-order valence-electron chi connectivity index (χ0n) is 12.2. The van der Waals surface area contributed by atoms with E-state index in [0.717, 1.165) is 6.42 Å². The Morgan fingerprint density at radius 2 is 2.16 bits per heavy atom. The van der Waals surface area contributed by atoms with Crippen LogP contribution in [0.5, 0.6) is 0 Å². The predicted octanol–water partition coefficient (Wildman–Crippen LogP) is 3.09.